The van der Waals surface area contributed by atoms with E-state index in [4.69, 9.17) is 15.6 Å². The molecule has 0 heterocycles. The number of rotatable bonds is 3. The van der Waals surface area contributed by atoms with Crippen molar-refractivity contribution in [1.29, 1.82) is 0 Å². The van der Waals surface area contributed by atoms with Crippen LogP contribution in [0.25, 0.3) is 0 Å². The van der Waals surface area contributed by atoms with Crippen LogP contribution in [0, 0.1) is 13.8 Å². The number of aromatic carboxylic acids is 1. The van der Waals surface area contributed by atoms with Crippen molar-refractivity contribution in [3.8, 4) is 11.5 Å². The zero-order valence-corrected chi connectivity index (χ0v) is 10.8. The Labute approximate surface area is 111 Å². The predicted octanol–water partition coefficient (Wildman–Crippen LogP) is 3.38. The highest BCUT2D eigenvalue weighted by molar-refractivity contribution is 5.93. The van der Waals surface area contributed by atoms with Gasteiger partial charge in [-0.2, -0.15) is 0 Å². The average Bonchev–Trinajstić information content (AvgIpc) is 2.36. The first-order chi connectivity index (χ1) is 8.99. The normalized spacial score (nSPS) is 10.2. The molecule has 0 aliphatic carbocycles. The summed E-state index contributed by atoms with van der Waals surface area (Å²) in [5.41, 5.74) is 8.36. The first-order valence-electron chi connectivity index (χ1n) is 5.86. The molecule has 19 heavy (non-hydrogen) atoms. The highest BCUT2D eigenvalue weighted by atomic mass is 16.5. The number of benzene rings is 2. The van der Waals surface area contributed by atoms with Gasteiger partial charge < -0.3 is 15.6 Å². The first kappa shape index (κ1) is 13.0. The average molecular weight is 257 g/mol. The minimum atomic E-state index is -1.06. The molecule has 0 aromatic heterocycles. The quantitative estimate of drug-likeness (QED) is 0.827. The van der Waals surface area contributed by atoms with Crippen LogP contribution in [-0.2, 0) is 0 Å². The van der Waals surface area contributed by atoms with Crippen molar-refractivity contribution >= 4 is 11.7 Å². The molecule has 4 heteroatoms. The lowest BCUT2D eigenvalue weighted by Gasteiger charge is -2.12. The topological polar surface area (TPSA) is 72.5 Å². The third-order valence-electron chi connectivity index (χ3n) is 2.97. The van der Waals surface area contributed by atoms with E-state index in [1.165, 1.54) is 6.07 Å². The molecule has 2 aromatic carbocycles. The molecule has 0 atom stereocenters. The van der Waals surface area contributed by atoms with E-state index in [1.807, 2.05) is 26.0 Å². The van der Waals surface area contributed by atoms with Gasteiger partial charge in [0.15, 0.2) is 5.75 Å². The molecule has 0 unspecified atom stereocenters. The number of para-hydroxylation sites is 1. The van der Waals surface area contributed by atoms with Crippen LogP contribution in [0.3, 0.4) is 0 Å². The summed E-state index contributed by atoms with van der Waals surface area (Å²) >= 11 is 0. The van der Waals surface area contributed by atoms with Crippen LogP contribution in [0.4, 0.5) is 5.69 Å². The molecular formula is C15H15NO3. The van der Waals surface area contributed by atoms with Crippen molar-refractivity contribution in [1.82, 2.24) is 0 Å². The van der Waals surface area contributed by atoms with Gasteiger partial charge in [0.1, 0.15) is 11.3 Å². The van der Waals surface area contributed by atoms with Gasteiger partial charge in [-0.05, 0) is 49.2 Å². The Morgan fingerprint density at radius 3 is 2.53 bits per heavy atom. The zero-order valence-electron chi connectivity index (χ0n) is 10.8. The molecule has 0 aliphatic rings. The minimum absolute atomic E-state index is 0.0539. The Balaban J connectivity index is 2.42. The van der Waals surface area contributed by atoms with Gasteiger partial charge in [-0.1, -0.05) is 12.1 Å². The minimum Gasteiger partial charge on any atom is -0.478 e. The van der Waals surface area contributed by atoms with Crippen molar-refractivity contribution in [2.24, 2.45) is 0 Å². The number of nitrogens with two attached hydrogens (primary N) is 1. The summed E-state index contributed by atoms with van der Waals surface area (Å²) in [6, 6.07) is 10.2. The monoisotopic (exact) mass is 257 g/mol. The lowest BCUT2D eigenvalue weighted by atomic mass is 10.1. The fraction of sp³-hybridized carbons (Fsp3) is 0.133. The van der Waals surface area contributed by atoms with Crippen LogP contribution >= 0.6 is 0 Å². The van der Waals surface area contributed by atoms with E-state index < -0.39 is 5.97 Å². The van der Waals surface area contributed by atoms with Crippen LogP contribution in [-0.4, -0.2) is 11.1 Å². The number of ether oxygens (including phenoxy) is 1. The van der Waals surface area contributed by atoms with Crippen molar-refractivity contribution in [2.45, 2.75) is 13.8 Å². The summed E-state index contributed by atoms with van der Waals surface area (Å²) in [5, 5.41) is 9.13. The number of hydrogen-bond acceptors (Lipinski definition) is 3. The molecule has 0 bridgehead atoms. The van der Waals surface area contributed by atoms with Crippen molar-refractivity contribution in [2.75, 3.05) is 5.73 Å². The van der Waals surface area contributed by atoms with E-state index in [2.05, 4.69) is 0 Å². The largest absolute Gasteiger partial charge is 0.478 e. The highest BCUT2D eigenvalue weighted by Gasteiger charge is 2.14. The van der Waals surface area contributed by atoms with Crippen LogP contribution < -0.4 is 10.5 Å². The number of aryl methyl sites for hydroxylation is 2. The summed E-state index contributed by atoms with van der Waals surface area (Å²) in [6.07, 6.45) is 0. The second-order valence-corrected chi connectivity index (χ2v) is 4.38. The van der Waals surface area contributed by atoms with Gasteiger partial charge in [-0.15, -0.1) is 0 Å². The summed E-state index contributed by atoms with van der Waals surface area (Å²) in [5.74, 6) is -0.312. The Morgan fingerprint density at radius 1 is 1.16 bits per heavy atom. The van der Waals surface area contributed by atoms with Gasteiger partial charge in [0.2, 0.25) is 0 Å². The molecule has 0 spiro atoms. The van der Waals surface area contributed by atoms with Gasteiger partial charge in [0, 0.05) is 0 Å². The van der Waals surface area contributed by atoms with Gasteiger partial charge in [0.25, 0.3) is 0 Å². The standard InChI is InChI=1S/C15H15NO3/c1-9-6-7-11(8-10(9)2)19-14-12(15(17)18)4-3-5-13(14)16/h3-8H,16H2,1-2H3,(H,17,18). The van der Waals surface area contributed by atoms with Gasteiger partial charge in [-0.25, -0.2) is 4.79 Å². The lowest BCUT2D eigenvalue weighted by molar-refractivity contribution is 0.0694. The molecule has 2 rings (SSSR count). The third-order valence-corrected chi connectivity index (χ3v) is 2.97. The Morgan fingerprint density at radius 2 is 1.89 bits per heavy atom. The molecule has 0 fully saturated rings. The van der Waals surface area contributed by atoms with E-state index in [0.29, 0.717) is 11.4 Å². The number of nitrogen functional groups attached to an aromatic ring is 1. The predicted molar refractivity (Wildman–Crippen MR) is 73.8 cm³/mol. The molecule has 2 aromatic rings. The Hall–Kier alpha value is -2.49. The van der Waals surface area contributed by atoms with Crippen molar-refractivity contribution < 1.29 is 14.6 Å². The highest BCUT2D eigenvalue weighted by Crippen LogP contribution is 2.32. The Bertz CT molecular complexity index is 635. The van der Waals surface area contributed by atoms with E-state index in [-0.39, 0.29) is 11.3 Å². The number of carboxylic acid groups (broad SMARTS) is 1. The SMILES string of the molecule is Cc1ccc(Oc2c(N)cccc2C(=O)O)cc1C. The summed E-state index contributed by atoms with van der Waals surface area (Å²) in [4.78, 5) is 11.1. The van der Waals surface area contributed by atoms with Crippen LogP contribution in [0.15, 0.2) is 36.4 Å². The molecule has 0 amide bonds. The summed E-state index contributed by atoms with van der Waals surface area (Å²) < 4.78 is 5.63. The molecule has 0 saturated carbocycles. The first-order valence-corrected chi connectivity index (χ1v) is 5.86. The van der Waals surface area contributed by atoms with Gasteiger partial charge >= 0.3 is 5.97 Å². The van der Waals surface area contributed by atoms with E-state index in [9.17, 15) is 4.79 Å². The molecule has 4 nitrogen and oxygen atoms in total. The van der Waals surface area contributed by atoms with Crippen molar-refractivity contribution in [3.63, 3.8) is 0 Å². The number of carbonyl (C=O) groups is 1. The van der Waals surface area contributed by atoms with Crippen LogP contribution in [0.5, 0.6) is 11.5 Å². The lowest BCUT2D eigenvalue weighted by Crippen LogP contribution is -2.03. The summed E-state index contributed by atoms with van der Waals surface area (Å²) in [6.45, 7) is 3.97. The van der Waals surface area contributed by atoms with E-state index in [0.717, 1.165) is 11.1 Å². The number of anilines is 1. The fourth-order valence-corrected chi connectivity index (χ4v) is 1.73. The fourth-order valence-electron chi connectivity index (χ4n) is 1.73. The van der Waals surface area contributed by atoms with Crippen molar-refractivity contribution in [3.05, 3.63) is 53.1 Å². The summed E-state index contributed by atoms with van der Waals surface area (Å²) in [7, 11) is 0. The Kier molecular flexibility index (Phi) is 3.42. The molecule has 0 saturated heterocycles. The van der Waals surface area contributed by atoms with Gasteiger partial charge in [-0.3, -0.25) is 0 Å². The maximum atomic E-state index is 11.1. The molecule has 3 N–H and O–H groups in total. The van der Waals surface area contributed by atoms with E-state index in [1.54, 1.807) is 18.2 Å². The smallest absolute Gasteiger partial charge is 0.339 e. The van der Waals surface area contributed by atoms with Crippen LogP contribution in [0.1, 0.15) is 21.5 Å². The second-order valence-electron chi connectivity index (χ2n) is 4.38. The van der Waals surface area contributed by atoms with Crippen LogP contribution in [0.2, 0.25) is 0 Å². The number of carboxylic acids is 1. The number of hydrogen-bond donors (Lipinski definition) is 2. The zero-order chi connectivity index (χ0) is 14.0. The molecule has 98 valence electrons. The maximum Gasteiger partial charge on any atom is 0.339 e. The molecule has 0 aliphatic heterocycles. The maximum absolute atomic E-state index is 11.1. The molecule has 0 radical (unpaired) electrons. The second kappa shape index (κ2) is 5.02. The molecular weight excluding hydrogens is 242 g/mol. The van der Waals surface area contributed by atoms with Gasteiger partial charge in [0.05, 0.1) is 5.69 Å². The third kappa shape index (κ3) is 2.68. The van der Waals surface area contributed by atoms with E-state index >= 15 is 0 Å².